The maximum absolute atomic E-state index is 3.77. The largest absolute Gasteiger partial charge is 0.0885 e. The third kappa shape index (κ3) is 4.85. The molecule has 1 aromatic carbocycles. The highest BCUT2D eigenvalue weighted by molar-refractivity contribution is 14.1. The van der Waals surface area contributed by atoms with E-state index in [-0.39, 0.29) is 0 Å². The van der Waals surface area contributed by atoms with Crippen LogP contribution in [0.2, 0.25) is 0 Å². The Kier molecular flexibility index (Phi) is 5.10. The minimum Gasteiger partial charge on any atom is -0.0885 e. The summed E-state index contributed by atoms with van der Waals surface area (Å²) in [4.78, 5) is 0.587. The van der Waals surface area contributed by atoms with Crippen LogP contribution >= 0.6 is 38.5 Å². The zero-order valence-electron chi connectivity index (χ0n) is 9.56. The van der Waals surface area contributed by atoms with Crippen LogP contribution in [-0.2, 0) is 6.42 Å². The number of benzene rings is 1. The molecule has 0 aliphatic rings. The van der Waals surface area contributed by atoms with Crippen molar-refractivity contribution in [2.24, 2.45) is 5.41 Å². The summed E-state index contributed by atoms with van der Waals surface area (Å²) < 4.78 is 1.31. The van der Waals surface area contributed by atoms with Gasteiger partial charge in [0.05, 0.1) is 0 Å². The fourth-order valence-electron chi connectivity index (χ4n) is 1.38. The van der Waals surface area contributed by atoms with Gasteiger partial charge in [0, 0.05) is 8.40 Å². The van der Waals surface area contributed by atoms with E-state index in [4.69, 9.17) is 0 Å². The molecule has 0 radical (unpaired) electrons. The number of alkyl halides is 1. The maximum atomic E-state index is 3.77. The molecule has 0 saturated carbocycles. The van der Waals surface area contributed by atoms with E-state index in [0.717, 1.165) is 6.42 Å². The van der Waals surface area contributed by atoms with Gasteiger partial charge in [-0.25, -0.2) is 0 Å². The van der Waals surface area contributed by atoms with Crippen molar-refractivity contribution in [2.45, 2.75) is 38.4 Å². The first kappa shape index (κ1) is 13.5. The Balaban J connectivity index is 2.47. The van der Waals surface area contributed by atoms with Crippen molar-refractivity contribution < 1.29 is 0 Å². The summed E-state index contributed by atoms with van der Waals surface area (Å²) in [5, 5.41) is 0. The molecule has 2 heteroatoms. The number of halogens is 2. The minimum atomic E-state index is 0.350. The predicted molar refractivity (Wildman–Crippen MR) is 79.7 cm³/mol. The molecule has 0 fully saturated rings. The number of rotatable bonds is 3. The quantitative estimate of drug-likeness (QED) is 0.509. The van der Waals surface area contributed by atoms with Crippen LogP contribution in [0.1, 0.15) is 32.8 Å². The van der Waals surface area contributed by atoms with E-state index < -0.39 is 0 Å². The molecule has 0 N–H and O–H groups in total. The minimum absolute atomic E-state index is 0.350. The summed E-state index contributed by atoms with van der Waals surface area (Å²) >= 11 is 6.11. The average Bonchev–Trinajstić information content (AvgIpc) is 2.15. The zero-order chi connectivity index (χ0) is 11.5. The fraction of sp³-hybridized carbons (Fsp3) is 0.538. The molecule has 0 aromatic heterocycles. The molecular weight excluding hydrogens is 363 g/mol. The standard InChI is InChI=1S/C13H18BrI/c1-13(2,3)12(14)9-6-10-4-7-11(15)8-5-10/h4-5,7-8,12H,6,9H2,1-3H3. The van der Waals surface area contributed by atoms with Crippen LogP contribution < -0.4 is 0 Å². The van der Waals surface area contributed by atoms with Crippen LogP contribution in [0.15, 0.2) is 24.3 Å². The van der Waals surface area contributed by atoms with Crippen molar-refractivity contribution in [1.82, 2.24) is 0 Å². The summed E-state index contributed by atoms with van der Waals surface area (Å²) in [6.07, 6.45) is 2.36. The lowest BCUT2D eigenvalue weighted by atomic mass is 9.89. The highest BCUT2D eigenvalue weighted by Crippen LogP contribution is 2.29. The van der Waals surface area contributed by atoms with Crippen LogP contribution in [0.4, 0.5) is 0 Å². The molecule has 0 saturated heterocycles. The van der Waals surface area contributed by atoms with Crippen LogP contribution in [0.5, 0.6) is 0 Å². The molecule has 0 bridgehead atoms. The molecule has 0 heterocycles. The maximum Gasteiger partial charge on any atom is 0.0197 e. The Morgan fingerprint density at radius 3 is 2.20 bits per heavy atom. The molecular formula is C13H18BrI. The molecule has 15 heavy (non-hydrogen) atoms. The van der Waals surface area contributed by atoms with E-state index in [1.807, 2.05) is 0 Å². The summed E-state index contributed by atoms with van der Waals surface area (Å²) in [6.45, 7) is 6.83. The van der Waals surface area contributed by atoms with E-state index in [1.165, 1.54) is 15.6 Å². The molecule has 0 aliphatic carbocycles. The van der Waals surface area contributed by atoms with Crippen LogP contribution in [-0.4, -0.2) is 4.83 Å². The van der Waals surface area contributed by atoms with Gasteiger partial charge >= 0.3 is 0 Å². The van der Waals surface area contributed by atoms with Gasteiger partial charge in [-0.05, 0) is 58.5 Å². The zero-order valence-corrected chi connectivity index (χ0v) is 13.3. The summed E-state index contributed by atoms with van der Waals surface area (Å²) in [6, 6.07) is 8.81. The van der Waals surface area contributed by atoms with Gasteiger partial charge in [-0.15, -0.1) is 0 Å². The summed E-state index contributed by atoms with van der Waals surface area (Å²) in [5.41, 5.74) is 1.78. The van der Waals surface area contributed by atoms with Crippen molar-refractivity contribution in [2.75, 3.05) is 0 Å². The first-order valence-corrected chi connectivity index (χ1v) is 7.27. The molecule has 1 atom stereocenters. The SMILES string of the molecule is CC(C)(C)C(Br)CCc1ccc(I)cc1. The highest BCUT2D eigenvalue weighted by atomic mass is 127. The van der Waals surface area contributed by atoms with Crippen LogP contribution in [0.25, 0.3) is 0 Å². The van der Waals surface area contributed by atoms with Crippen molar-refractivity contribution >= 4 is 38.5 Å². The Morgan fingerprint density at radius 1 is 1.20 bits per heavy atom. The molecule has 0 spiro atoms. The van der Waals surface area contributed by atoms with E-state index in [9.17, 15) is 0 Å². The van der Waals surface area contributed by atoms with E-state index in [2.05, 4.69) is 83.6 Å². The second-order valence-electron chi connectivity index (χ2n) is 5.00. The second-order valence-corrected chi connectivity index (χ2v) is 7.35. The van der Waals surface area contributed by atoms with Gasteiger partial charge in [-0.1, -0.05) is 48.8 Å². The summed E-state index contributed by atoms with van der Waals surface area (Å²) in [5.74, 6) is 0. The van der Waals surface area contributed by atoms with Gasteiger partial charge < -0.3 is 0 Å². The fourth-order valence-corrected chi connectivity index (χ4v) is 1.97. The van der Waals surface area contributed by atoms with E-state index in [0.29, 0.717) is 10.2 Å². The molecule has 0 nitrogen and oxygen atoms in total. The van der Waals surface area contributed by atoms with Crippen molar-refractivity contribution in [3.8, 4) is 0 Å². The number of hydrogen-bond acceptors (Lipinski definition) is 0. The third-order valence-electron chi connectivity index (χ3n) is 2.54. The normalized spacial score (nSPS) is 13.9. The first-order valence-electron chi connectivity index (χ1n) is 5.28. The van der Waals surface area contributed by atoms with Gasteiger partial charge in [0.2, 0.25) is 0 Å². The molecule has 1 rings (SSSR count). The summed E-state index contributed by atoms with van der Waals surface area (Å²) in [7, 11) is 0. The molecule has 1 aromatic rings. The Morgan fingerprint density at radius 2 is 1.73 bits per heavy atom. The Bertz CT molecular complexity index is 297. The number of hydrogen-bond donors (Lipinski definition) is 0. The van der Waals surface area contributed by atoms with Crippen LogP contribution in [0, 0.1) is 8.99 Å². The molecule has 1 unspecified atom stereocenters. The van der Waals surface area contributed by atoms with E-state index in [1.54, 1.807) is 0 Å². The lowest BCUT2D eigenvalue weighted by molar-refractivity contribution is 0.386. The topological polar surface area (TPSA) is 0 Å². The lowest BCUT2D eigenvalue weighted by Gasteiger charge is -2.25. The second kappa shape index (κ2) is 5.67. The smallest absolute Gasteiger partial charge is 0.0197 e. The van der Waals surface area contributed by atoms with Crippen molar-refractivity contribution in [3.05, 3.63) is 33.4 Å². The van der Waals surface area contributed by atoms with Gasteiger partial charge in [-0.2, -0.15) is 0 Å². The Hall–Kier alpha value is 0.430. The third-order valence-corrected chi connectivity index (χ3v) is 5.09. The molecule has 0 amide bonds. The van der Waals surface area contributed by atoms with Crippen molar-refractivity contribution in [1.29, 1.82) is 0 Å². The van der Waals surface area contributed by atoms with E-state index >= 15 is 0 Å². The van der Waals surface area contributed by atoms with Gasteiger partial charge in [0.15, 0.2) is 0 Å². The molecule has 84 valence electrons. The predicted octanol–water partition coefficient (Wildman–Crippen LogP) is 5.03. The first-order chi connectivity index (χ1) is 6.89. The van der Waals surface area contributed by atoms with Crippen molar-refractivity contribution in [3.63, 3.8) is 0 Å². The van der Waals surface area contributed by atoms with Gasteiger partial charge in [0.1, 0.15) is 0 Å². The van der Waals surface area contributed by atoms with Gasteiger partial charge in [0.25, 0.3) is 0 Å². The van der Waals surface area contributed by atoms with Crippen LogP contribution in [0.3, 0.4) is 0 Å². The molecule has 0 aliphatic heterocycles. The highest BCUT2D eigenvalue weighted by Gasteiger charge is 2.20. The van der Waals surface area contributed by atoms with Gasteiger partial charge in [-0.3, -0.25) is 0 Å². The number of aryl methyl sites for hydroxylation is 1. The average molecular weight is 381 g/mol. The lowest BCUT2D eigenvalue weighted by Crippen LogP contribution is -2.20. The Labute approximate surface area is 115 Å². The monoisotopic (exact) mass is 380 g/mol.